The van der Waals surface area contributed by atoms with E-state index in [1.807, 2.05) is 26.0 Å². The van der Waals surface area contributed by atoms with Gasteiger partial charge >= 0.3 is 0 Å². The Morgan fingerprint density at radius 1 is 1.24 bits per heavy atom. The van der Waals surface area contributed by atoms with E-state index in [1.165, 1.54) is 6.08 Å². The van der Waals surface area contributed by atoms with Crippen molar-refractivity contribution in [2.45, 2.75) is 13.8 Å². The van der Waals surface area contributed by atoms with Crippen LogP contribution in [0.2, 0.25) is 0 Å². The minimum absolute atomic E-state index is 0.0000306. The topological polar surface area (TPSA) is 78.9 Å². The van der Waals surface area contributed by atoms with Gasteiger partial charge in [0.05, 0.1) is 20.3 Å². The van der Waals surface area contributed by atoms with Crippen LogP contribution >= 0.6 is 0 Å². The molecule has 0 unspecified atom stereocenters. The summed E-state index contributed by atoms with van der Waals surface area (Å²) >= 11 is 0. The number of benzene rings is 1. The number of aliphatic hydroxyl groups excluding tert-OH is 1. The molecule has 0 aliphatic carbocycles. The highest BCUT2D eigenvalue weighted by Gasteiger charge is 2.30. The Bertz CT molecular complexity index is 622. The summed E-state index contributed by atoms with van der Waals surface area (Å²) in [4.78, 5) is 24.8. The minimum atomic E-state index is -0.429. The van der Waals surface area contributed by atoms with Gasteiger partial charge < -0.3 is 15.2 Å². The van der Waals surface area contributed by atoms with Crippen molar-refractivity contribution in [3.63, 3.8) is 0 Å². The number of hydrogen-bond donors (Lipinski definition) is 2. The van der Waals surface area contributed by atoms with Gasteiger partial charge in [0.2, 0.25) is 0 Å². The van der Waals surface area contributed by atoms with Crippen LogP contribution in [-0.2, 0) is 9.59 Å². The lowest BCUT2D eigenvalue weighted by molar-refractivity contribution is -0.137. The molecule has 0 saturated carbocycles. The smallest absolute Gasteiger partial charge is 0.277 e. The van der Waals surface area contributed by atoms with Crippen LogP contribution < -0.4 is 10.1 Å². The van der Waals surface area contributed by atoms with E-state index in [2.05, 4.69) is 5.32 Å². The fourth-order valence-corrected chi connectivity index (χ4v) is 2.20. The molecule has 6 heteroatoms. The van der Waals surface area contributed by atoms with E-state index < -0.39 is 11.8 Å². The number of aryl methyl sites for hydroxylation is 2. The largest absolute Gasteiger partial charge is 0.496 e. The molecule has 1 aromatic carbocycles. The SMILES string of the molecule is COc1cc(C)c(NC2=CC(=O)N(CCO)C2=O)cc1C. The van der Waals surface area contributed by atoms with Crippen LogP contribution in [0.3, 0.4) is 0 Å². The van der Waals surface area contributed by atoms with E-state index in [-0.39, 0.29) is 18.8 Å². The Balaban J connectivity index is 2.23. The summed E-state index contributed by atoms with van der Waals surface area (Å²) in [5.74, 6) is -0.0795. The highest BCUT2D eigenvalue weighted by atomic mass is 16.5. The molecular weight excluding hydrogens is 272 g/mol. The van der Waals surface area contributed by atoms with Crippen molar-refractivity contribution in [3.8, 4) is 5.75 Å². The zero-order valence-electron chi connectivity index (χ0n) is 12.3. The van der Waals surface area contributed by atoms with Crippen LogP contribution in [0, 0.1) is 13.8 Å². The van der Waals surface area contributed by atoms with Crippen LogP contribution in [0.1, 0.15) is 11.1 Å². The molecule has 6 nitrogen and oxygen atoms in total. The van der Waals surface area contributed by atoms with E-state index in [0.717, 1.165) is 27.5 Å². The lowest BCUT2D eigenvalue weighted by Crippen LogP contribution is -2.34. The second-order valence-electron chi connectivity index (χ2n) is 4.84. The molecule has 2 rings (SSSR count). The van der Waals surface area contributed by atoms with Gasteiger partial charge in [0.1, 0.15) is 11.4 Å². The molecule has 21 heavy (non-hydrogen) atoms. The summed E-state index contributed by atoms with van der Waals surface area (Å²) < 4.78 is 5.24. The van der Waals surface area contributed by atoms with Crippen molar-refractivity contribution < 1.29 is 19.4 Å². The molecule has 2 N–H and O–H groups in total. The molecule has 0 fully saturated rings. The highest BCUT2D eigenvalue weighted by Crippen LogP contribution is 2.27. The van der Waals surface area contributed by atoms with Crippen LogP contribution in [0.25, 0.3) is 0 Å². The van der Waals surface area contributed by atoms with Gasteiger partial charge in [0.15, 0.2) is 0 Å². The number of methoxy groups -OCH3 is 1. The predicted molar refractivity (Wildman–Crippen MR) is 78.0 cm³/mol. The Morgan fingerprint density at radius 2 is 1.95 bits per heavy atom. The zero-order chi connectivity index (χ0) is 15.6. The van der Waals surface area contributed by atoms with Crippen LogP contribution in [0.5, 0.6) is 5.75 Å². The number of anilines is 1. The monoisotopic (exact) mass is 290 g/mol. The van der Waals surface area contributed by atoms with E-state index in [9.17, 15) is 9.59 Å². The standard InChI is InChI=1S/C15H18N2O4/c1-9-7-13(21-3)10(2)6-11(9)16-12-8-14(19)17(4-5-18)15(12)20/h6-8,16,18H,4-5H2,1-3H3. The van der Waals surface area contributed by atoms with Crippen molar-refractivity contribution in [2.24, 2.45) is 0 Å². The fourth-order valence-electron chi connectivity index (χ4n) is 2.20. The Kier molecular flexibility index (Phi) is 4.28. The first-order chi connectivity index (χ1) is 9.97. The average molecular weight is 290 g/mol. The summed E-state index contributed by atoms with van der Waals surface area (Å²) in [7, 11) is 1.60. The molecule has 112 valence electrons. The summed E-state index contributed by atoms with van der Waals surface area (Å²) in [5.41, 5.74) is 2.78. The van der Waals surface area contributed by atoms with Gasteiger partial charge in [-0.3, -0.25) is 14.5 Å². The van der Waals surface area contributed by atoms with Crippen molar-refractivity contribution >= 4 is 17.5 Å². The number of hydrogen-bond acceptors (Lipinski definition) is 5. The lowest BCUT2D eigenvalue weighted by atomic mass is 10.1. The van der Waals surface area contributed by atoms with Crippen LogP contribution in [-0.4, -0.2) is 42.1 Å². The minimum Gasteiger partial charge on any atom is -0.496 e. The number of nitrogens with zero attached hydrogens (tertiary/aromatic N) is 1. The first-order valence-corrected chi connectivity index (χ1v) is 6.58. The maximum absolute atomic E-state index is 12.1. The van der Waals surface area contributed by atoms with Gasteiger partial charge in [-0.1, -0.05) is 0 Å². The van der Waals surface area contributed by atoms with Gasteiger partial charge in [0, 0.05) is 11.8 Å². The highest BCUT2D eigenvalue weighted by molar-refractivity contribution is 6.17. The number of carbonyl (C=O) groups excluding carboxylic acids is 2. The second-order valence-corrected chi connectivity index (χ2v) is 4.84. The van der Waals surface area contributed by atoms with Crippen molar-refractivity contribution in [1.82, 2.24) is 4.90 Å². The molecule has 1 aliphatic heterocycles. The molecular formula is C15H18N2O4. The summed E-state index contributed by atoms with van der Waals surface area (Å²) in [6.07, 6.45) is 1.25. The number of ether oxygens (including phenoxy) is 1. The summed E-state index contributed by atoms with van der Waals surface area (Å²) in [5, 5.41) is 11.9. The fraction of sp³-hybridized carbons (Fsp3) is 0.333. The van der Waals surface area contributed by atoms with Crippen LogP contribution in [0.4, 0.5) is 5.69 Å². The Labute approximate surface area is 123 Å². The number of aliphatic hydroxyl groups is 1. The first kappa shape index (κ1) is 15.1. The van der Waals surface area contributed by atoms with Gasteiger partial charge in [-0.15, -0.1) is 0 Å². The van der Waals surface area contributed by atoms with Gasteiger partial charge in [0.25, 0.3) is 11.8 Å². The van der Waals surface area contributed by atoms with Gasteiger partial charge in [-0.05, 0) is 37.1 Å². The average Bonchev–Trinajstić information content (AvgIpc) is 2.70. The number of rotatable bonds is 5. The molecule has 0 atom stereocenters. The normalized spacial score (nSPS) is 14.5. The second kappa shape index (κ2) is 5.97. The maximum atomic E-state index is 12.1. The molecule has 1 aliphatic rings. The molecule has 0 aromatic heterocycles. The molecule has 0 radical (unpaired) electrons. The number of amides is 2. The van der Waals surface area contributed by atoms with E-state index in [4.69, 9.17) is 9.84 Å². The van der Waals surface area contributed by atoms with Gasteiger partial charge in [-0.25, -0.2) is 0 Å². The third-order valence-electron chi connectivity index (χ3n) is 3.34. The number of carbonyl (C=O) groups is 2. The quantitative estimate of drug-likeness (QED) is 0.790. The maximum Gasteiger partial charge on any atom is 0.277 e. The lowest BCUT2D eigenvalue weighted by Gasteiger charge is -2.15. The van der Waals surface area contributed by atoms with E-state index in [0.29, 0.717) is 0 Å². The molecule has 0 saturated heterocycles. The van der Waals surface area contributed by atoms with Crippen molar-refractivity contribution in [3.05, 3.63) is 35.0 Å². The van der Waals surface area contributed by atoms with Crippen molar-refractivity contribution in [2.75, 3.05) is 25.6 Å². The molecule has 2 amide bonds. The number of imide groups is 1. The number of nitrogens with one attached hydrogen (secondary N) is 1. The third-order valence-corrected chi connectivity index (χ3v) is 3.34. The molecule has 0 spiro atoms. The molecule has 1 heterocycles. The Morgan fingerprint density at radius 3 is 2.57 bits per heavy atom. The zero-order valence-corrected chi connectivity index (χ0v) is 12.3. The summed E-state index contributed by atoms with van der Waals surface area (Å²) in [6, 6.07) is 3.73. The third kappa shape index (κ3) is 2.90. The molecule has 0 bridgehead atoms. The predicted octanol–water partition coefficient (Wildman–Crippen LogP) is 0.969. The van der Waals surface area contributed by atoms with E-state index in [1.54, 1.807) is 7.11 Å². The first-order valence-electron chi connectivity index (χ1n) is 6.58. The molecule has 1 aromatic rings. The van der Waals surface area contributed by atoms with Crippen LogP contribution in [0.15, 0.2) is 23.9 Å². The van der Waals surface area contributed by atoms with Gasteiger partial charge in [-0.2, -0.15) is 0 Å². The Hall–Kier alpha value is -2.34. The number of β-amino-alcohol motifs (C(OH)–C–C–N with tert-alkyl or cyclic N) is 1. The van der Waals surface area contributed by atoms with Crippen molar-refractivity contribution in [1.29, 1.82) is 0 Å². The van der Waals surface area contributed by atoms with E-state index >= 15 is 0 Å². The summed E-state index contributed by atoms with van der Waals surface area (Å²) in [6.45, 7) is 3.54.